The van der Waals surface area contributed by atoms with E-state index in [0.29, 0.717) is 17.8 Å². The van der Waals surface area contributed by atoms with E-state index in [2.05, 4.69) is 25.4 Å². The van der Waals surface area contributed by atoms with Gasteiger partial charge >= 0.3 is 0 Å². The fourth-order valence-electron chi connectivity index (χ4n) is 3.25. The van der Waals surface area contributed by atoms with Crippen LogP contribution in [0.25, 0.3) is 22.2 Å². The third kappa shape index (κ3) is 3.82. The van der Waals surface area contributed by atoms with E-state index in [1.165, 1.54) is 12.7 Å². The molecule has 29 heavy (non-hydrogen) atoms. The fourth-order valence-corrected chi connectivity index (χ4v) is 3.25. The number of carbonyl (C=O) groups excluding carboxylic acids is 1. The lowest BCUT2D eigenvalue weighted by Crippen LogP contribution is -2.36. The standard InChI is InChI=1S/C21H21N7O/c1-13-4-5-17-18(21(29)26-14(2)9-28-12-24-11-25-28)6-19(27-20(17)15(13)3)16-7-22-10-23-8-16/h4-8,10-12,14H,9H2,1-3H3,(H,26,29). The minimum atomic E-state index is -0.161. The summed E-state index contributed by atoms with van der Waals surface area (Å²) < 4.78 is 1.69. The van der Waals surface area contributed by atoms with E-state index in [1.54, 1.807) is 29.5 Å². The summed E-state index contributed by atoms with van der Waals surface area (Å²) in [6.07, 6.45) is 7.97. The molecule has 0 aliphatic heterocycles. The van der Waals surface area contributed by atoms with Gasteiger partial charge in [-0.3, -0.25) is 9.48 Å². The Kier molecular flexibility index (Phi) is 4.99. The summed E-state index contributed by atoms with van der Waals surface area (Å²) in [6.45, 7) is 6.52. The van der Waals surface area contributed by atoms with E-state index < -0.39 is 0 Å². The van der Waals surface area contributed by atoms with Crippen molar-refractivity contribution in [3.8, 4) is 11.3 Å². The highest BCUT2D eigenvalue weighted by molar-refractivity contribution is 6.08. The molecule has 1 atom stereocenters. The predicted molar refractivity (Wildman–Crippen MR) is 109 cm³/mol. The van der Waals surface area contributed by atoms with Crippen molar-refractivity contribution in [1.82, 2.24) is 35.0 Å². The molecule has 8 nitrogen and oxygen atoms in total. The molecule has 4 aromatic rings. The van der Waals surface area contributed by atoms with Crippen molar-refractivity contribution in [2.75, 3.05) is 0 Å². The van der Waals surface area contributed by atoms with E-state index in [9.17, 15) is 4.79 Å². The zero-order chi connectivity index (χ0) is 20.4. The van der Waals surface area contributed by atoms with Crippen LogP contribution in [0.1, 0.15) is 28.4 Å². The molecule has 146 valence electrons. The van der Waals surface area contributed by atoms with Crippen LogP contribution in [-0.4, -0.2) is 41.7 Å². The number of hydrogen-bond acceptors (Lipinski definition) is 6. The van der Waals surface area contributed by atoms with Gasteiger partial charge in [0.2, 0.25) is 0 Å². The first kappa shape index (κ1) is 18.7. The summed E-state index contributed by atoms with van der Waals surface area (Å²) in [5, 5.41) is 7.96. The van der Waals surface area contributed by atoms with Crippen LogP contribution >= 0.6 is 0 Å². The van der Waals surface area contributed by atoms with Gasteiger partial charge in [-0.1, -0.05) is 12.1 Å². The highest BCUT2D eigenvalue weighted by Gasteiger charge is 2.18. The number of benzene rings is 1. The molecule has 8 heteroatoms. The Morgan fingerprint density at radius 1 is 1.14 bits per heavy atom. The monoisotopic (exact) mass is 387 g/mol. The number of rotatable bonds is 5. The molecule has 0 bridgehead atoms. The molecule has 1 N–H and O–H groups in total. The van der Waals surface area contributed by atoms with Crippen LogP contribution in [0.4, 0.5) is 0 Å². The predicted octanol–water partition coefficient (Wildman–Crippen LogP) is 2.72. The van der Waals surface area contributed by atoms with Crippen molar-refractivity contribution in [2.24, 2.45) is 0 Å². The zero-order valence-corrected chi connectivity index (χ0v) is 16.5. The highest BCUT2D eigenvalue weighted by atomic mass is 16.1. The Bertz CT molecular complexity index is 1160. The maximum Gasteiger partial charge on any atom is 0.252 e. The second kappa shape index (κ2) is 7.75. The molecule has 3 aromatic heterocycles. The first-order valence-electron chi connectivity index (χ1n) is 9.32. The number of nitrogens with zero attached hydrogens (tertiary/aromatic N) is 6. The van der Waals surface area contributed by atoms with Gasteiger partial charge in [-0.2, -0.15) is 5.10 Å². The summed E-state index contributed by atoms with van der Waals surface area (Å²) in [5.41, 5.74) is 4.98. The van der Waals surface area contributed by atoms with Gasteiger partial charge in [0.05, 0.1) is 23.3 Å². The topological polar surface area (TPSA) is 98.5 Å². The quantitative estimate of drug-likeness (QED) is 0.565. The maximum atomic E-state index is 13.2. The van der Waals surface area contributed by atoms with Crippen LogP contribution < -0.4 is 5.32 Å². The van der Waals surface area contributed by atoms with Crippen molar-refractivity contribution >= 4 is 16.8 Å². The van der Waals surface area contributed by atoms with Gasteiger partial charge in [0.15, 0.2) is 0 Å². The number of amides is 1. The number of fused-ring (bicyclic) bond motifs is 1. The lowest BCUT2D eigenvalue weighted by atomic mass is 9.99. The second-order valence-corrected chi connectivity index (χ2v) is 7.08. The van der Waals surface area contributed by atoms with Gasteiger partial charge in [0.1, 0.15) is 19.0 Å². The lowest BCUT2D eigenvalue weighted by Gasteiger charge is -2.16. The fraction of sp³-hybridized carbons (Fsp3) is 0.238. The van der Waals surface area contributed by atoms with Crippen LogP contribution in [-0.2, 0) is 6.54 Å². The Morgan fingerprint density at radius 2 is 1.93 bits per heavy atom. The van der Waals surface area contributed by atoms with Gasteiger partial charge in [0, 0.05) is 29.4 Å². The maximum absolute atomic E-state index is 13.2. The van der Waals surface area contributed by atoms with Crippen LogP contribution in [0.5, 0.6) is 0 Å². The zero-order valence-electron chi connectivity index (χ0n) is 16.5. The molecule has 1 unspecified atom stereocenters. The minimum absolute atomic E-state index is 0.123. The van der Waals surface area contributed by atoms with Crippen LogP contribution in [0, 0.1) is 13.8 Å². The number of hydrogen-bond donors (Lipinski definition) is 1. The highest BCUT2D eigenvalue weighted by Crippen LogP contribution is 2.27. The molecule has 0 aliphatic carbocycles. The van der Waals surface area contributed by atoms with Crippen molar-refractivity contribution < 1.29 is 4.79 Å². The van der Waals surface area contributed by atoms with E-state index in [4.69, 9.17) is 4.98 Å². The van der Waals surface area contributed by atoms with Crippen LogP contribution in [0.2, 0.25) is 0 Å². The molecule has 0 fully saturated rings. The molecular formula is C21H21N7O. The molecule has 0 aliphatic rings. The van der Waals surface area contributed by atoms with Crippen molar-refractivity contribution in [3.05, 3.63) is 66.3 Å². The number of aryl methyl sites for hydroxylation is 2. The van der Waals surface area contributed by atoms with Crippen molar-refractivity contribution in [1.29, 1.82) is 0 Å². The van der Waals surface area contributed by atoms with Gasteiger partial charge < -0.3 is 5.32 Å². The Morgan fingerprint density at radius 3 is 2.66 bits per heavy atom. The Hall–Kier alpha value is -3.68. The molecule has 1 amide bonds. The van der Waals surface area contributed by atoms with Gasteiger partial charge in [-0.05, 0) is 38.0 Å². The van der Waals surface area contributed by atoms with Crippen LogP contribution in [0.15, 0.2) is 49.6 Å². The third-order valence-corrected chi connectivity index (χ3v) is 4.91. The average Bonchev–Trinajstić information content (AvgIpc) is 3.23. The first-order valence-corrected chi connectivity index (χ1v) is 9.32. The summed E-state index contributed by atoms with van der Waals surface area (Å²) in [7, 11) is 0. The van der Waals surface area contributed by atoms with Gasteiger partial charge in [-0.15, -0.1) is 0 Å². The molecular weight excluding hydrogens is 366 g/mol. The summed E-state index contributed by atoms with van der Waals surface area (Å²) >= 11 is 0. The van der Waals surface area contributed by atoms with Crippen molar-refractivity contribution in [2.45, 2.75) is 33.4 Å². The Balaban J connectivity index is 1.75. The number of aromatic nitrogens is 6. The smallest absolute Gasteiger partial charge is 0.252 e. The summed E-state index contributed by atoms with van der Waals surface area (Å²) in [6, 6.07) is 5.64. The number of pyridine rings is 1. The average molecular weight is 387 g/mol. The third-order valence-electron chi connectivity index (χ3n) is 4.91. The molecule has 0 saturated carbocycles. The van der Waals surface area contributed by atoms with E-state index in [1.807, 2.05) is 32.9 Å². The molecule has 0 spiro atoms. The molecule has 0 saturated heterocycles. The second-order valence-electron chi connectivity index (χ2n) is 7.08. The van der Waals surface area contributed by atoms with E-state index in [-0.39, 0.29) is 11.9 Å². The largest absolute Gasteiger partial charge is 0.348 e. The normalized spacial score (nSPS) is 12.1. The van der Waals surface area contributed by atoms with Crippen molar-refractivity contribution in [3.63, 3.8) is 0 Å². The molecule has 1 aromatic carbocycles. The Labute approximate surface area is 168 Å². The van der Waals surface area contributed by atoms with Gasteiger partial charge in [-0.25, -0.2) is 19.9 Å². The lowest BCUT2D eigenvalue weighted by molar-refractivity contribution is 0.0937. The molecule has 0 radical (unpaired) electrons. The van der Waals surface area contributed by atoms with E-state index >= 15 is 0 Å². The number of carbonyl (C=O) groups is 1. The van der Waals surface area contributed by atoms with E-state index in [0.717, 1.165) is 27.6 Å². The minimum Gasteiger partial charge on any atom is -0.348 e. The number of nitrogens with one attached hydrogen (secondary N) is 1. The molecule has 3 heterocycles. The molecule has 4 rings (SSSR count). The summed E-state index contributed by atoms with van der Waals surface area (Å²) in [4.78, 5) is 30.1. The first-order chi connectivity index (χ1) is 14.0. The van der Waals surface area contributed by atoms with Crippen LogP contribution in [0.3, 0.4) is 0 Å². The summed E-state index contributed by atoms with van der Waals surface area (Å²) in [5.74, 6) is -0.161. The SMILES string of the molecule is Cc1ccc2c(C(=O)NC(C)Cn3cncn3)cc(-c3cncnc3)nc2c1C. The van der Waals surface area contributed by atoms with Gasteiger partial charge in [0.25, 0.3) is 5.91 Å².